The van der Waals surface area contributed by atoms with E-state index in [-0.39, 0.29) is 0 Å². The van der Waals surface area contributed by atoms with Gasteiger partial charge in [0.15, 0.2) is 5.65 Å². The Bertz CT molecular complexity index is 375. The van der Waals surface area contributed by atoms with Crippen LogP contribution in [-0.2, 0) is 0 Å². The van der Waals surface area contributed by atoms with Crippen molar-refractivity contribution in [3.05, 3.63) is 17.5 Å². The lowest BCUT2D eigenvalue weighted by atomic mass is 10.7. The zero-order valence-corrected chi connectivity index (χ0v) is 6.58. The average molecular weight is 172 g/mol. The molecule has 2 heterocycles. The monoisotopic (exact) mass is 171 g/mol. The van der Waals surface area contributed by atoms with E-state index in [0.717, 1.165) is 5.65 Å². The highest BCUT2D eigenvalue weighted by Gasteiger charge is 2.04. The highest BCUT2D eigenvalue weighted by atomic mass is 35.5. The minimum atomic E-state index is 0.347. The molecule has 0 atom stereocenters. The second-order valence-electron chi connectivity index (χ2n) is 2.02. The topological polar surface area (TPSA) is 47.2 Å². The van der Waals surface area contributed by atoms with Crippen molar-refractivity contribution >= 4 is 17.2 Å². The van der Waals surface area contributed by atoms with Gasteiger partial charge in [-0.05, 0) is 11.6 Å². The molecule has 0 unspecified atom stereocenters. The first-order chi connectivity index (χ1) is 5.33. The minimum Gasteiger partial charge on any atom is -0.314 e. The van der Waals surface area contributed by atoms with E-state index in [0.29, 0.717) is 5.28 Å². The molecule has 0 saturated carbocycles. The number of fused-ring (bicyclic) bond motifs is 1. The molecule has 0 bridgehead atoms. The maximum absolute atomic E-state index is 5.73. The van der Waals surface area contributed by atoms with Crippen LogP contribution in [-0.4, -0.2) is 26.6 Å². The first kappa shape index (κ1) is 6.48. The molecule has 2 aromatic rings. The van der Waals surface area contributed by atoms with Crippen LogP contribution in [0.2, 0.25) is 5.28 Å². The Hall–Kier alpha value is -1.23. The van der Waals surface area contributed by atoms with Crippen LogP contribution >= 0.6 is 11.6 Å². The van der Waals surface area contributed by atoms with Gasteiger partial charge in [-0.15, -0.1) is 10.2 Å². The van der Waals surface area contributed by atoms with Crippen molar-refractivity contribution < 1.29 is 0 Å². The quantitative estimate of drug-likeness (QED) is 0.674. The fraction of sp³-hybridized carbons (Fsp3) is 0.200. The van der Waals surface area contributed by atoms with Crippen molar-refractivity contribution in [2.75, 3.05) is 12.5 Å². The molecule has 0 aliphatic carbocycles. The van der Waals surface area contributed by atoms with Gasteiger partial charge in [0, 0.05) is 19.3 Å². The summed E-state index contributed by atoms with van der Waals surface area (Å²) < 4.78 is 1.65. The molecule has 0 aromatic carbocycles. The van der Waals surface area contributed by atoms with Crippen molar-refractivity contribution in [1.29, 1.82) is 0 Å². The molecule has 0 fully saturated rings. The first-order valence-corrected chi connectivity index (χ1v) is 3.47. The maximum Gasteiger partial charge on any atom is 0.246 e. The van der Waals surface area contributed by atoms with Crippen LogP contribution in [0, 0.1) is 0 Å². The van der Waals surface area contributed by atoms with Gasteiger partial charge in [-0.25, -0.2) is 0 Å². The summed E-state index contributed by atoms with van der Waals surface area (Å²) in [5.74, 6) is 0. The molecule has 0 aliphatic rings. The number of rotatable bonds is 1. The molecular weight excluding hydrogens is 166 g/mol. The molecule has 0 radical (unpaired) electrons. The van der Waals surface area contributed by atoms with Gasteiger partial charge >= 0.3 is 0 Å². The number of halogens is 1. The fourth-order valence-electron chi connectivity index (χ4n) is 0.953. The molecule has 0 amide bonds. The summed E-state index contributed by atoms with van der Waals surface area (Å²) in [5.41, 5.74) is 3.62. The number of aromatic nitrogens is 4. The number of hydrogen-bond acceptors (Lipinski definition) is 3. The van der Waals surface area contributed by atoms with Gasteiger partial charge < -0.3 is 5.43 Å². The van der Waals surface area contributed by atoms with E-state index < -0.39 is 0 Å². The summed E-state index contributed by atoms with van der Waals surface area (Å²) in [6.07, 6.45) is 1.82. The van der Waals surface area contributed by atoms with Gasteiger partial charge in [0.25, 0.3) is 0 Å². The van der Waals surface area contributed by atoms with Gasteiger partial charge in [0.2, 0.25) is 5.28 Å². The van der Waals surface area contributed by atoms with Gasteiger partial charge in [0.1, 0.15) is 0 Å². The standard InChI is InChI=1S/C5H6ClN5/c1-7-10-3-2-4-8-9-5(6)11(4)10/h2-3,7H,1H3. The van der Waals surface area contributed by atoms with E-state index in [9.17, 15) is 0 Å². The number of nitrogens with one attached hydrogen (secondary N) is 1. The molecule has 2 rings (SSSR count). The van der Waals surface area contributed by atoms with Crippen LogP contribution in [0.5, 0.6) is 0 Å². The number of nitrogens with zero attached hydrogens (tertiary/aromatic N) is 4. The van der Waals surface area contributed by atoms with E-state index in [1.54, 1.807) is 16.4 Å². The molecule has 58 valence electrons. The smallest absolute Gasteiger partial charge is 0.246 e. The van der Waals surface area contributed by atoms with Gasteiger partial charge in [-0.2, -0.15) is 9.31 Å². The summed E-state index contributed by atoms with van der Waals surface area (Å²) in [4.78, 5) is 1.69. The van der Waals surface area contributed by atoms with Crippen LogP contribution in [0.1, 0.15) is 0 Å². The molecule has 5 nitrogen and oxygen atoms in total. The molecule has 1 N–H and O–H groups in total. The molecule has 0 aliphatic heterocycles. The lowest BCUT2D eigenvalue weighted by molar-refractivity contribution is 0.719. The largest absolute Gasteiger partial charge is 0.314 e. The second kappa shape index (κ2) is 2.13. The Labute approximate surface area is 67.5 Å². The summed E-state index contributed by atoms with van der Waals surface area (Å²) in [6.45, 7) is 0. The summed E-state index contributed by atoms with van der Waals surface area (Å²) in [7, 11) is 1.79. The lowest BCUT2D eigenvalue weighted by Crippen LogP contribution is -2.13. The Morgan fingerprint density at radius 3 is 3.09 bits per heavy atom. The van der Waals surface area contributed by atoms with Crippen molar-refractivity contribution in [2.24, 2.45) is 0 Å². The average Bonchev–Trinajstić information content (AvgIpc) is 2.54. The van der Waals surface area contributed by atoms with E-state index in [1.165, 1.54) is 0 Å². The van der Waals surface area contributed by atoms with E-state index >= 15 is 0 Å². The van der Waals surface area contributed by atoms with Crippen molar-refractivity contribution in [2.45, 2.75) is 0 Å². The Morgan fingerprint density at radius 2 is 2.36 bits per heavy atom. The van der Waals surface area contributed by atoms with Gasteiger partial charge in [-0.1, -0.05) is 0 Å². The second-order valence-corrected chi connectivity index (χ2v) is 2.36. The highest BCUT2D eigenvalue weighted by Crippen LogP contribution is 2.07. The Balaban J connectivity index is 2.80. The normalized spacial score (nSPS) is 10.7. The van der Waals surface area contributed by atoms with Crippen molar-refractivity contribution in [3.63, 3.8) is 0 Å². The molecule has 6 heteroatoms. The fourth-order valence-corrected chi connectivity index (χ4v) is 1.16. The minimum absolute atomic E-state index is 0.347. The van der Waals surface area contributed by atoms with Crippen LogP contribution in [0.25, 0.3) is 5.65 Å². The van der Waals surface area contributed by atoms with Crippen molar-refractivity contribution in [3.8, 4) is 0 Å². The Morgan fingerprint density at radius 1 is 1.55 bits per heavy atom. The van der Waals surface area contributed by atoms with Crippen LogP contribution in [0.4, 0.5) is 0 Å². The van der Waals surface area contributed by atoms with E-state index in [1.807, 2.05) is 12.3 Å². The summed E-state index contributed by atoms with van der Waals surface area (Å²) >= 11 is 5.73. The van der Waals surface area contributed by atoms with E-state index in [4.69, 9.17) is 11.6 Å². The molecule has 2 aromatic heterocycles. The molecular formula is C5H6ClN5. The summed E-state index contributed by atoms with van der Waals surface area (Å²) in [5, 5.41) is 7.84. The third-order valence-corrected chi connectivity index (χ3v) is 1.67. The first-order valence-electron chi connectivity index (χ1n) is 3.09. The zero-order chi connectivity index (χ0) is 7.84. The molecule has 11 heavy (non-hydrogen) atoms. The predicted octanol–water partition coefficient (Wildman–Crippen LogP) is 0.357. The third kappa shape index (κ3) is 0.775. The lowest BCUT2D eigenvalue weighted by Gasteiger charge is -2.01. The molecule has 0 saturated heterocycles. The number of hydrogen-bond donors (Lipinski definition) is 1. The van der Waals surface area contributed by atoms with Gasteiger partial charge in [-0.3, -0.25) is 0 Å². The van der Waals surface area contributed by atoms with Crippen LogP contribution < -0.4 is 5.43 Å². The highest BCUT2D eigenvalue weighted by molar-refractivity contribution is 6.28. The predicted molar refractivity (Wildman–Crippen MR) is 41.3 cm³/mol. The maximum atomic E-state index is 5.73. The molecule has 0 spiro atoms. The van der Waals surface area contributed by atoms with Gasteiger partial charge in [0.05, 0.1) is 0 Å². The van der Waals surface area contributed by atoms with Crippen LogP contribution in [0.15, 0.2) is 12.3 Å². The van der Waals surface area contributed by atoms with Crippen molar-refractivity contribution in [1.82, 2.24) is 19.5 Å². The SMILES string of the molecule is CNn1ccc2nnc(Cl)n21. The van der Waals surface area contributed by atoms with E-state index in [2.05, 4.69) is 15.6 Å². The Kier molecular flexibility index (Phi) is 1.25. The van der Waals surface area contributed by atoms with Crippen LogP contribution in [0.3, 0.4) is 0 Å². The zero-order valence-electron chi connectivity index (χ0n) is 5.82. The third-order valence-electron chi connectivity index (χ3n) is 1.44. The summed E-state index contributed by atoms with van der Waals surface area (Å²) in [6, 6.07) is 1.81.